The van der Waals surface area contributed by atoms with Crippen LogP contribution in [-0.4, -0.2) is 12.6 Å². The molecule has 0 aliphatic rings. The van der Waals surface area contributed by atoms with Gasteiger partial charge in [0.2, 0.25) is 0 Å². The van der Waals surface area contributed by atoms with Crippen LogP contribution in [0.25, 0.3) is 0 Å². The third-order valence-corrected chi connectivity index (χ3v) is 4.41. The van der Waals surface area contributed by atoms with Crippen LogP contribution < -0.4 is 0 Å². The molecule has 0 rings (SSSR count). The maximum atomic E-state index is 10.2. The number of rotatable bonds is 19. The zero-order chi connectivity index (χ0) is 16.8. The van der Waals surface area contributed by atoms with Gasteiger partial charge in [0.1, 0.15) is 12.6 Å². The number of aldehydes is 2. The highest BCUT2D eigenvalue weighted by Crippen LogP contribution is 2.13. The molecule has 0 amide bonds. The molecule has 0 N–H and O–H groups in total. The van der Waals surface area contributed by atoms with Crippen LogP contribution in [0.5, 0.6) is 0 Å². The number of hydrogen-bond acceptors (Lipinski definition) is 2. The lowest BCUT2D eigenvalue weighted by atomic mass is 10.0. The van der Waals surface area contributed by atoms with Crippen molar-refractivity contribution < 1.29 is 9.59 Å². The summed E-state index contributed by atoms with van der Waals surface area (Å²) >= 11 is 0. The minimum atomic E-state index is 0.747. The standard InChI is InChI=1S/C21H38O2/c22-20-18-16-14-12-10-8-6-4-2-1-3-5-7-9-11-13-15-17-19-21-23/h16,18,20-21H,1-15,17,19H2. The topological polar surface area (TPSA) is 34.1 Å². The minimum Gasteiger partial charge on any atom is -0.303 e. The van der Waals surface area contributed by atoms with Crippen molar-refractivity contribution in [2.75, 3.05) is 0 Å². The Labute approximate surface area is 144 Å². The Morgan fingerprint density at radius 1 is 0.435 bits per heavy atom. The average molecular weight is 323 g/mol. The van der Waals surface area contributed by atoms with Crippen LogP contribution in [0.15, 0.2) is 12.2 Å². The van der Waals surface area contributed by atoms with Crippen LogP contribution in [0.4, 0.5) is 0 Å². The molecule has 0 fully saturated rings. The van der Waals surface area contributed by atoms with Crippen LogP contribution in [0.1, 0.15) is 109 Å². The molecule has 0 aliphatic heterocycles. The van der Waals surface area contributed by atoms with Crippen LogP contribution >= 0.6 is 0 Å². The second-order valence-electron chi connectivity index (χ2n) is 6.61. The summed E-state index contributed by atoms with van der Waals surface area (Å²) in [6.07, 6.45) is 27.2. The van der Waals surface area contributed by atoms with Gasteiger partial charge in [-0.05, 0) is 25.3 Å². The molecule has 23 heavy (non-hydrogen) atoms. The van der Waals surface area contributed by atoms with E-state index in [-0.39, 0.29) is 0 Å². The smallest absolute Gasteiger partial charge is 0.142 e. The molecule has 0 aromatic heterocycles. The molecule has 0 spiro atoms. The van der Waals surface area contributed by atoms with Crippen molar-refractivity contribution in [1.82, 2.24) is 0 Å². The highest BCUT2D eigenvalue weighted by atomic mass is 16.1. The van der Waals surface area contributed by atoms with Crippen molar-refractivity contribution in [2.45, 2.75) is 109 Å². The van der Waals surface area contributed by atoms with Gasteiger partial charge in [0.05, 0.1) is 0 Å². The number of carbonyl (C=O) groups is 2. The fraction of sp³-hybridized carbons (Fsp3) is 0.810. The van der Waals surface area contributed by atoms with E-state index in [1.165, 1.54) is 89.9 Å². The van der Waals surface area contributed by atoms with Crippen molar-refractivity contribution in [3.8, 4) is 0 Å². The van der Waals surface area contributed by atoms with Crippen molar-refractivity contribution in [3.05, 3.63) is 12.2 Å². The molecule has 0 atom stereocenters. The minimum absolute atomic E-state index is 0.747. The van der Waals surface area contributed by atoms with Gasteiger partial charge in [-0.2, -0.15) is 0 Å². The SMILES string of the molecule is O=CC=CCCCCCCCCCCCCCCCCCC=O. The van der Waals surface area contributed by atoms with Crippen molar-refractivity contribution in [1.29, 1.82) is 0 Å². The maximum Gasteiger partial charge on any atom is 0.142 e. The van der Waals surface area contributed by atoms with Crippen LogP contribution in [0.3, 0.4) is 0 Å². The fourth-order valence-corrected chi connectivity index (χ4v) is 2.94. The number of hydrogen-bond donors (Lipinski definition) is 0. The third-order valence-electron chi connectivity index (χ3n) is 4.41. The van der Waals surface area contributed by atoms with Gasteiger partial charge in [0.15, 0.2) is 0 Å². The quantitative estimate of drug-likeness (QED) is 0.153. The van der Waals surface area contributed by atoms with Crippen LogP contribution in [-0.2, 0) is 9.59 Å². The lowest BCUT2D eigenvalue weighted by Crippen LogP contribution is -1.84. The van der Waals surface area contributed by atoms with Gasteiger partial charge >= 0.3 is 0 Å². The number of unbranched alkanes of at least 4 members (excludes halogenated alkanes) is 16. The predicted octanol–water partition coefficient (Wildman–Crippen LogP) is 6.57. The van der Waals surface area contributed by atoms with Gasteiger partial charge in [-0.15, -0.1) is 0 Å². The summed E-state index contributed by atoms with van der Waals surface area (Å²) in [7, 11) is 0. The summed E-state index contributed by atoms with van der Waals surface area (Å²) in [5.74, 6) is 0. The summed E-state index contributed by atoms with van der Waals surface area (Å²) in [5.41, 5.74) is 0. The van der Waals surface area contributed by atoms with E-state index in [1.54, 1.807) is 6.08 Å². The molecule has 0 radical (unpaired) electrons. The molecule has 2 nitrogen and oxygen atoms in total. The Balaban J connectivity index is 2.98. The largest absolute Gasteiger partial charge is 0.303 e. The van der Waals surface area contributed by atoms with Crippen LogP contribution in [0, 0.1) is 0 Å². The lowest BCUT2D eigenvalue weighted by molar-refractivity contribution is -0.108. The molecule has 0 bridgehead atoms. The Morgan fingerprint density at radius 3 is 1.13 bits per heavy atom. The number of allylic oxidation sites excluding steroid dienone is 2. The average Bonchev–Trinajstić information content (AvgIpc) is 2.57. The monoisotopic (exact) mass is 322 g/mol. The lowest BCUT2D eigenvalue weighted by Gasteiger charge is -2.03. The van der Waals surface area contributed by atoms with Crippen LogP contribution in [0.2, 0.25) is 0 Å². The molecule has 0 unspecified atom stereocenters. The Kier molecular flexibility index (Phi) is 20.2. The zero-order valence-electron chi connectivity index (χ0n) is 15.1. The molecule has 0 saturated heterocycles. The first-order valence-corrected chi connectivity index (χ1v) is 9.95. The van der Waals surface area contributed by atoms with Gasteiger partial charge in [-0.1, -0.05) is 89.5 Å². The van der Waals surface area contributed by atoms with Gasteiger partial charge in [0.25, 0.3) is 0 Å². The fourth-order valence-electron chi connectivity index (χ4n) is 2.94. The summed E-state index contributed by atoms with van der Waals surface area (Å²) in [5, 5.41) is 0. The molecule has 0 aromatic carbocycles. The van der Waals surface area contributed by atoms with Gasteiger partial charge in [-0.3, -0.25) is 4.79 Å². The molecule has 0 heterocycles. The van der Waals surface area contributed by atoms with Gasteiger partial charge in [-0.25, -0.2) is 0 Å². The molecule has 134 valence electrons. The second-order valence-corrected chi connectivity index (χ2v) is 6.61. The van der Waals surface area contributed by atoms with E-state index >= 15 is 0 Å². The first-order valence-electron chi connectivity index (χ1n) is 9.95. The van der Waals surface area contributed by atoms with E-state index in [4.69, 9.17) is 0 Å². The molecular formula is C21H38O2. The molecule has 0 aromatic rings. The van der Waals surface area contributed by atoms with Gasteiger partial charge < -0.3 is 4.79 Å². The molecule has 0 aliphatic carbocycles. The zero-order valence-corrected chi connectivity index (χ0v) is 15.1. The molecule has 0 saturated carbocycles. The predicted molar refractivity (Wildman–Crippen MR) is 99.8 cm³/mol. The van der Waals surface area contributed by atoms with Crippen molar-refractivity contribution >= 4 is 12.6 Å². The summed E-state index contributed by atoms with van der Waals surface area (Å²) in [6.45, 7) is 0. The van der Waals surface area contributed by atoms with E-state index in [9.17, 15) is 9.59 Å². The maximum absolute atomic E-state index is 10.2. The first kappa shape index (κ1) is 22.1. The molecular weight excluding hydrogens is 284 g/mol. The second kappa shape index (κ2) is 21.1. The third kappa shape index (κ3) is 21.1. The summed E-state index contributed by atoms with van der Waals surface area (Å²) in [4.78, 5) is 20.3. The van der Waals surface area contributed by atoms with E-state index in [1.807, 2.05) is 6.08 Å². The van der Waals surface area contributed by atoms with E-state index in [2.05, 4.69) is 0 Å². The highest BCUT2D eigenvalue weighted by Gasteiger charge is 1.94. The highest BCUT2D eigenvalue weighted by molar-refractivity contribution is 5.64. The number of carbonyl (C=O) groups excluding carboxylic acids is 2. The molecule has 2 heteroatoms. The van der Waals surface area contributed by atoms with Crippen molar-refractivity contribution in [2.24, 2.45) is 0 Å². The first-order chi connectivity index (χ1) is 11.4. The summed E-state index contributed by atoms with van der Waals surface area (Å²) < 4.78 is 0. The Morgan fingerprint density at radius 2 is 0.783 bits per heavy atom. The van der Waals surface area contributed by atoms with Gasteiger partial charge in [0, 0.05) is 6.42 Å². The summed E-state index contributed by atoms with van der Waals surface area (Å²) in [6, 6.07) is 0. The van der Waals surface area contributed by atoms with E-state index in [0.29, 0.717) is 0 Å². The van der Waals surface area contributed by atoms with Crippen molar-refractivity contribution in [3.63, 3.8) is 0 Å². The Bertz CT molecular complexity index is 271. The van der Waals surface area contributed by atoms with E-state index < -0.39 is 0 Å². The van der Waals surface area contributed by atoms with E-state index in [0.717, 1.165) is 31.8 Å². The normalized spacial score (nSPS) is 11.1. The Hall–Kier alpha value is -0.920.